The van der Waals surface area contributed by atoms with Crippen molar-refractivity contribution in [1.82, 2.24) is 0 Å². The van der Waals surface area contributed by atoms with E-state index in [2.05, 4.69) is 0 Å². The highest BCUT2D eigenvalue weighted by Gasteiger charge is 2.65. The van der Waals surface area contributed by atoms with Crippen molar-refractivity contribution in [2.24, 2.45) is 65.1 Å². The van der Waals surface area contributed by atoms with Crippen LogP contribution in [-0.4, -0.2) is 290 Å². The minimum absolute atomic E-state index is 0.0439. The van der Waals surface area contributed by atoms with Crippen LogP contribution in [-0.2, 0) is 42.7 Å². The van der Waals surface area contributed by atoms with Gasteiger partial charge in [-0.25, -0.2) is 4.79 Å². The molecule has 12 fully saturated rings. The number of rotatable bonds is 14. The van der Waals surface area contributed by atoms with Crippen molar-refractivity contribution in [2.75, 3.05) is 20.8 Å². The zero-order valence-corrected chi connectivity index (χ0v) is 52.6. The van der Waals surface area contributed by atoms with Gasteiger partial charge in [-0.2, -0.15) is 0 Å². The van der Waals surface area contributed by atoms with Gasteiger partial charge in [0.15, 0.2) is 18.5 Å². The molecule has 26 heteroatoms. The van der Waals surface area contributed by atoms with E-state index < -0.39 is 231 Å². The molecule has 0 aromatic carbocycles. The topological polar surface area (TPSA) is 427 Å². The van der Waals surface area contributed by atoms with Crippen LogP contribution in [0.2, 0.25) is 0 Å². The maximum absolute atomic E-state index is 13.1. The van der Waals surface area contributed by atoms with Gasteiger partial charge in [-0.3, -0.25) is 0 Å². The van der Waals surface area contributed by atoms with Gasteiger partial charge in [0.05, 0.1) is 128 Å². The van der Waals surface area contributed by atoms with Crippen LogP contribution in [0.1, 0.15) is 116 Å². The number of allylic oxidation sites excluding steroid dienone is 1. The summed E-state index contributed by atoms with van der Waals surface area (Å²) >= 11 is 0. The first-order valence-corrected chi connectivity index (χ1v) is 34.5. The van der Waals surface area contributed by atoms with Gasteiger partial charge in [0.25, 0.3) is 0 Å². The molecule has 12 aliphatic rings. The molecule has 0 radical (unpaired) electrons. The molecule has 7 aliphatic carbocycles. The van der Waals surface area contributed by atoms with Gasteiger partial charge >= 0.3 is 5.97 Å². The molecule has 0 bridgehead atoms. The number of methoxy groups -OCH3 is 2. The lowest BCUT2D eigenvalue weighted by molar-refractivity contribution is -0.379. The van der Waals surface area contributed by atoms with Gasteiger partial charge < -0.3 is 124 Å². The molecule has 0 amide bonds. The maximum Gasteiger partial charge on any atom is 0.330 e. The third-order valence-corrected chi connectivity index (χ3v) is 24.5. The van der Waals surface area contributed by atoms with Gasteiger partial charge in [0.1, 0.15) is 43.2 Å². The molecule has 0 spiro atoms. The average Bonchev–Trinajstić information content (AvgIpc) is 0.729. The van der Waals surface area contributed by atoms with E-state index in [0.29, 0.717) is 51.4 Å². The Morgan fingerprint density at radius 1 is 0.457 bits per heavy atom. The Bertz CT molecular complexity index is 2460. The molecule has 5 aliphatic heterocycles. The molecule has 12 rings (SSSR count). The molecule has 92 heavy (non-hydrogen) atoms. The van der Waals surface area contributed by atoms with Crippen molar-refractivity contribution in [3.8, 4) is 0 Å². The van der Waals surface area contributed by atoms with Gasteiger partial charge in [0.2, 0.25) is 0 Å². The monoisotopic (exact) mass is 1310 g/mol. The summed E-state index contributed by atoms with van der Waals surface area (Å²) in [4.78, 5) is 13.1. The first kappa shape index (κ1) is 69.9. The van der Waals surface area contributed by atoms with Crippen LogP contribution in [0.15, 0.2) is 24.3 Å². The summed E-state index contributed by atoms with van der Waals surface area (Å²) in [6, 6.07) is 0. The molecule has 5 saturated heterocycles. The second kappa shape index (κ2) is 29.4. The Balaban J connectivity index is 0.853. The van der Waals surface area contributed by atoms with Crippen molar-refractivity contribution < 1.29 is 129 Å². The molecular formula is C66H105O26+. The van der Waals surface area contributed by atoms with E-state index in [-0.39, 0.29) is 88.1 Å². The summed E-state index contributed by atoms with van der Waals surface area (Å²) in [6.45, 7) is -0.513. The quantitative estimate of drug-likeness (QED) is 0.0357. The van der Waals surface area contributed by atoms with Gasteiger partial charge in [-0.05, 0) is 114 Å². The predicted octanol–water partition coefficient (Wildman–Crippen LogP) is -2.97. The highest BCUT2D eigenvalue weighted by Crippen LogP contribution is 2.56. The predicted molar refractivity (Wildman–Crippen MR) is 318 cm³/mol. The molecule has 17 N–H and O–H groups in total. The number of hydrogen-bond donors (Lipinski definition) is 16. The molecular weight excluding hydrogens is 1210 g/mol. The van der Waals surface area contributed by atoms with E-state index in [1.807, 2.05) is 0 Å². The number of hydrogen-bond acceptors (Lipinski definition) is 25. The smallest absolute Gasteiger partial charge is 0.330 e. The van der Waals surface area contributed by atoms with E-state index in [1.54, 1.807) is 18.2 Å². The first-order chi connectivity index (χ1) is 44.0. The number of fused-ring (bicyclic) bond motifs is 2. The number of ether oxygens (including phenoxy) is 9. The van der Waals surface area contributed by atoms with Crippen LogP contribution in [0.25, 0.3) is 0 Å². The van der Waals surface area contributed by atoms with Crippen molar-refractivity contribution in [1.29, 1.82) is 0 Å². The van der Waals surface area contributed by atoms with Crippen LogP contribution in [0, 0.1) is 65.1 Å². The molecule has 7 saturated carbocycles. The lowest BCUT2D eigenvalue weighted by Gasteiger charge is -2.60. The highest BCUT2D eigenvalue weighted by molar-refractivity contribution is 5.81. The lowest BCUT2D eigenvalue weighted by atomic mass is 9.56. The normalized spacial score (nSPS) is 55.1. The minimum Gasteiger partial charge on any atom is -0.460 e. The molecule has 36 atom stereocenters. The molecule has 5 heterocycles. The molecule has 26 nitrogen and oxygen atoms in total. The van der Waals surface area contributed by atoms with Crippen LogP contribution in [0.3, 0.4) is 0 Å². The average molecular weight is 1310 g/mol. The summed E-state index contributed by atoms with van der Waals surface area (Å²) in [5.41, 5.74) is 0. The van der Waals surface area contributed by atoms with E-state index in [0.717, 1.165) is 0 Å². The summed E-state index contributed by atoms with van der Waals surface area (Å²) < 4.78 is 56.9. The second-order valence-electron chi connectivity index (χ2n) is 29.9. The van der Waals surface area contributed by atoms with E-state index in [1.165, 1.54) is 20.3 Å². The minimum atomic E-state index is -1.82. The highest BCUT2D eigenvalue weighted by atomic mass is 16.7. The number of carbonyl (C=O) groups excluding carboxylic acids is 1. The van der Waals surface area contributed by atoms with E-state index in [9.17, 15) is 86.5 Å². The maximum atomic E-state index is 13.1. The second-order valence-corrected chi connectivity index (χ2v) is 29.9. The first-order valence-electron chi connectivity index (χ1n) is 34.5. The van der Waals surface area contributed by atoms with Gasteiger partial charge in [-0.1, -0.05) is 18.2 Å². The third-order valence-electron chi connectivity index (χ3n) is 24.5. The van der Waals surface area contributed by atoms with Gasteiger partial charge in [0, 0.05) is 81.0 Å². The SMILES string of the molecule is COC1CC(C2[OH+]C3CC(O)CC4OC(C=CC5C(O)CC(O)C6C5O[C@@H](C5CCC(O)C(O)C5)[C@H](O)[C@H]6C5C(O)CC(O)C6C[C@H](O)[C@@H](C7CCC(O)C(O)C7)OC65)CC(C2O[C@@H]2O[C@H](COC(=O)C=CC5CCC(O)CC5)[C@@H](O)[C@H](O)[C@H]2O)C43)CC(OC)C1O. The zero-order chi connectivity index (χ0) is 65.3. The standard InChI is InChI=1S/C66H104O26/c1-84-47-17-29(18-48(85-2)55(47)79)62-65(92-66-59(83)58(82)56(80)49(89-66)25-86-50(78)14-5-26-3-8-30(67)9-4-26)35-21-32(87-45-19-31(68)20-46(88-62)51(35)45)10-11-33-38(71)23-42(75)52-54(57(81)61(91-63(33)52)28-7-13-37(70)41(74)16-28)53-43(76)24-39(72)34-22-44(77)60(90-64(34)53)27-6-12-36(69)40(73)15-27/h5,10-11,14,26-49,51-77,79-83H,3-4,6-9,12-13,15-25H2,1-2H3/p+1/t26?,27?,28?,29?,30?,31?,32?,33?,34?,35?,36?,37?,38?,39?,40?,41?,42?,43?,44-,45?,46?,47?,48?,49+,51?,52?,53?,54+,55?,56+,57+,58-,59+,60+,61-,62?,63?,64?,65?,66-/m0/s1. The van der Waals surface area contributed by atoms with Crippen LogP contribution in [0.5, 0.6) is 0 Å². The Morgan fingerprint density at radius 3 is 1.74 bits per heavy atom. The Kier molecular flexibility index (Phi) is 22.4. The number of aliphatic hydroxyl groups excluding tert-OH is 16. The fourth-order valence-electron chi connectivity index (χ4n) is 19.7. The Hall–Kier alpha value is -2.01. The summed E-state index contributed by atoms with van der Waals surface area (Å²) in [5.74, 6) is -7.50. The summed E-state index contributed by atoms with van der Waals surface area (Å²) in [5, 5.41) is 184. The number of esters is 1. The van der Waals surface area contributed by atoms with Crippen LogP contribution >= 0.6 is 0 Å². The fraction of sp³-hybridized carbons (Fsp3) is 0.924. The van der Waals surface area contributed by atoms with Crippen LogP contribution in [0.4, 0.5) is 0 Å². The van der Waals surface area contributed by atoms with Crippen molar-refractivity contribution in [3.63, 3.8) is 0 Å². The zero-order valence-electron chi connectivity index (χ0n) is 52.6. The largest absolute Gasteiger partial charge is 0.460 e. The van der Waals surface area contributed by atoms with Crippen molar-refractivity contribution >= 4 is 5.97 Å². The Morgan fingerprint density at radius 2 is 1.09 bits per heavy atom. The number of carbonyl (C=O) groups is 1. The van der Waals surface area contributed by atoms with E-state index in [4.69, 9.17) is 42.6 Å². The molecule has 0 aromatic rings. The summed E-state index contributed by atoms with van der Waals surface area (Å²) in [7, 11) is 2.99. The third kappa shape index (κ3) is 14.1. The van der Waals surface area contributed by atoms with E-state index >= 15 is 0 Å². The molecule has 0 aromatic heterocycles. The van der Waals surface area contributed by atoms with Crippen molar-refractivity contribution in [2.45, 2.75) is 293 Å². The lowest BCUT2D eigenvalue weighted by Crippen LogP contribution is -2.69. The van der Waals surface area contributed by atoms with Crippen LogP contribution < -0.4 is 0 Å². The number of aliphatic hydroxyl groups is 18. The van der Waals surface area contributed by atoms with Crippen molar-refractivity contribution in [3.05, 3.63) is 24.3 Å². The fourth-order valence-corrected chi connectivity index (χ4v) is 19.7. The molecule has 524 valence electrons. The van der Waals surface area contributed by atoms with Gasteiger partial charge in [-0.15, -0.1) is 0 Å². The molecule has 26 unspecified atom stereocenters. The summed E-state index contributed by atoms with van der Waals surface area (Å²) in [6.07, 6.45) is -19.4. The Labute approximate surface area is 536 Å².